The summed E-state index contributed by atoms with van der Waals surface area (Å²) in [6.45, 7) is 0.648. The van der Waals surface area contributed by atoms with Crippen molar-refractivity contribution in [3.63, 3.8) is 0 Å². The Morgan fingerprint density at radius 3 is 2.33 bits per heavy atom. The lowest BCUT2D eigenvalue weighted by Gasteiger charge is -2.26. The second-order valence-electron chi connectivity index (χ2n) is 5.43. The number of carbonyl (C=O) groups is 2. The van der Waals surface area contributed by atoms with E-state index in [1.165, 1.54) is 31.6 Å². The van der Waals surface area contributed by atoms with Crippen LogP contribution in [0.15, 0.2) is 42.7 Å². The first-order valence-electron chi connectivity index (χ1n) is 8.11. The van der Waals surface area contributed by atoms with Crippen molar-refractivity contribution >= 4 is 11.9 Å². The molecule has 1 amide bonds. The number of amides is 1. The number of halogens is 2. The van der Waals surface area contributed by atoms with Crippen LogP contribution in [0.1, 0.15) is 18.3 Å². The molecule has 2 rings (SSSR count). The van der Waals surface area contributed by atoms with E-state index < -0.39 is 29.9 Å². The summed E-state index contributed by atoms with van der Waals surface area (Å²) >= 11 is 0. The number of benzene rings is 1. The second-order valence-corrected chi connectivity index (χ2v) is 5.43. The number of hydrogen-bond donors (Lipinski definition) is 0. The molecule has 1 heterocycles. The summed E-state index contributed by atoms with van der Waals surface area (Å²) < 4.78 is 39.2. The van der Waals surface area contributed by atoms with Crippen LogP contribution in [0.4, 0.5) is 8.78 Å². The van der Waals surface area contributed by atoms with Gasteiger partial charge in [0.2, 0.25) is 0 Å². The van der Waals surface area contributed by atoms with Crippen LogP contribution in [0.2, 0.25) is 0 Å². The molecule has 1 aromatic heterocycles. The highest BCUT2D eigenvalue weighted by Gasteiger charge is 2.44. The first-order valence-corrected chi connectivity index (χ1v) is 8.11. The van der Waals surface area contributed by atoms with E-state index >= 15 is 0 Å². The number of nitrogens with zero attached hydrogens (tertiary/aromatic N) is 3. The van der Waals surface area contributed by atoms with Gasteiger partial charge in [-0.1, -0.05) is 0 Å². The maximum Gasteiger partial charge on any atom is 0.349 e. The van der Waals surface area contributed by atoms with Gasteiger partial charge in [0.05, 0.1) is 20.3 Å². The molecule has 0 fully saturated rings. The molecule has 0 saturated heterocycles. The second kappa shape index (κ2) is 9.02. The number of hydrogen-bond acceptors (Lipinski definition) is 6. The minimum Gasteiger partial charge on any atom is -0.497 e. The Hall–Kier alpha value is -3.10. The maximum atomic E-state index is 14.7. The number of carbonyl (C=O) groups excluding carboxylic acids is 2. The fraction of sp³-hybridized carbons (Fsp3) is 0.333. The highest BCUT2D eigenvalue weighted by Crippen LogP contribution is 2.31. The van der Waals surface area contributed by atoms with Gasteiger partial charge in [0.25, 0.3) is 5.91 Å². The fourth-order valence-corrected chi connectivity index (χ4v) is 2.27. The summed E-state index contributed by atoms with van der Waals surface area (Å²) in [7, 11) is 1.40. The lowest BCUT2D eigenvalue weighted by Crippen LogP contribution is -2.44. The molecular weight excluding hydrogens is 360 g/mol. The monoisotopic (exact) mass is 379 g/mol. The van der Waals surface area contributed by atoms with Crippen LogP contribution < -0.4 is 4.74 Å². The number of esters is 1. The van der Waals surface area contributed by atoms with Gasteiger partial charge >= 0.3 is 11.9 Å². The third kappa shape index (κ3) is 5.19. The van der Waals surface area contributed by atoms with Crippen LogP contribution in [-0.2, 0) is 26.8 Å². The SMILES string of the molecule is CCOC(=O)CN(Cc1ncccn1)C(=O)C(F)(F)c1ccc(OC)cc1. The van der Waals surface area contributed by atoms with Gasteiger partial charge < -0.3 is 14.4 Å². The van der Waals surface area contributed by atoms with Crippen molar-refractivity contribution in [3.05, 3.63) is 54.1 Å². The van der Waals surface area contributed by atoms with E-state index in [1.54, 1.807) is 13.0 Å². The standard InChI is InChI=1S/C18H19F2N3O4/c1-3-27-16(24)12-23(11-15-21-9-4-10-22-15)17(25)18(19,20)13-5-7-14(26-2)8-6-13/h4-10H,3,11-12H2,1-2H3. The zero-order chi connectivity index (χ0) is 19.9. The van der Waals surface area contributed by atoms with Crippen LogP contribution in [0, 0.1) is 0 Å². The van der Waals surface area contributed by atoms with Crippen LogP contribution in [-0.4, -0.2) is 47.0 Å². The van der Waals surface area contributed by atoms with Crippen LogP contribution in [0.3, 0.4) is 0 Å². The quantitative estimate of drug-likeness (QED) is 0.654. The third-order valence-electron chi connectivity index (χ3n) is 3.59. The smallest absolute Gasteiger partial charge is 0.349 e. The summed E-state index contributed by atoms with van der Waals surface area (Å²) in [6.07, 6.45) is 2.83. The van der Waals surface area contributed by atoms with Gasteiger partial charge in [-0.2, -0.15) is 8.78 Å². The molecule has 0 bridgehead atoms. The molecule has 0 aliphatic rings. The average molecular weight is 379 g/mol. The molecule has 1 aromatic carbocycles. The maximum absolute atomic E-state index is 14.7. The van der Waals surface area contributed by atoms with Crippen LogP contribution in [0.5, 0.6) is 5.75 Å². The van der Waals surface area contributed by atoms with E-state index in [4.69, 9.17) is 9.47 Å². The van der Waals surface area contributed by atoms with E-state index in [0.717, 1.165) is 12.1 Å². The van der Waals surface area contributed by atoms with Crippen molar-refractivity contribution in [2.24, 2.45) is 0 Å². The summed E-state index contributed by atoms with van der Waals surface area (Å²) in [6, 6.07) is 6.39. The summed E-state index contributed by atoms with van der Waals surface area (Å²) in [5, 5.41) is 0. The van der Waals surface area contributed by atoms with Crippen molar-refractivity contribution < 1.29 is 27.8 Å². The van der Waals surface area contributed by atoms with Crippen molar-refractivity contribution in [1.29, 1.82) is 0 Å². The Bertz CT molecular complexity index is 770. The molecular formula is C18H19F2N3O4. The average Bonchev–Trinajstić information content (AvgIpc) is 2.68. The minimum absolute atomic E-state index is 0.0670. The lowest BCUT2D eigenvalue weighted by molar-refractivity contribution is -0.164. The zero-order valence-electron chi connectivity index (χ0n) is 14.9. The van der Waals surface area contributed by atoms with E-state index in [1.807, 2.05) is 0 Å². The number of aromatic nitrogens is 2. The summed E-state index contributed by atoms with van der Waals surface area (Å²) in [5.74, 6) is -5.70. The molecule has 9 heteroatoms. The molecule has 0 radical (unpaired) electrons. The van der Waals surface area contributed by atoms with Crippen molar-refractivity contribution in [2.75, 3.05) is 20.3 Å². The predicted octanol–water partition coefficient (Wildman–Crippen LogP) is 2.17. The Kier molecular flexibility index (Phi) is 6.75. The molecule has 27 heavy (non-hydrogen) atoms. The Balaban J connectivity index is 2.27. The molecule has 0 unspecified atom stereocenters. The molecule has 0 aliphatic carbocycles. The highest BCUT2D eigenvalue weighted by molar-refractivity contribution is 5.88. The molecule has 7 nitrogen and oxygen atoms in total. The van der Waals surface area contributed by atoms with Gasteiger partial charge in [-0.25, -0.2) is 9.97 Å². The fourth-order valence-electron chi connectivity index (χ4n) is 2.27. The predicted molar refractivity (Wildman–Crippen MR) is 91.0 cm³/mol. The van der Waals surface area contributed by atoms with E-state index in [0.29, 0.717) is 10.6 Å². The van der Waals surface area contributed by atoms with Gasteiger partial charge in [-0.3, -0.25) is 9.59 Å². The van der Waals surface area contributed by atoms with Gasteiger partial charge in [0, 0.05) is 18.0 Å². The molecule has 2 aromatic rings. The minimum atomic E-state index is -3.85. The van der Waals surface area contributed by atoms with E-state index in [2.05, 4.69) is 9.97 Å². The lowest BCUT2D eigenvalue weighted by atomic mass is 10.1. The first-order chi connectivity index (χ1) is 12.9. The van der Waals surface area contributed by atoms with Gasteiger partial charge in [-0.15, -0.1) is 0 Å². The number of rotatable bonds is 8. The molecule has 0 spiro atoms. The highest BCUT2D eigenvalue weighted by atomic mass is 19.3. The largest absolute Gasteiger partial charge is 0.497 e. The molecule has 0 aliphatic heterocycles. The molecule has 0 atom stereocenters. The number of ether oxygens (including phenoxy) is 2. The van der Waals surface area contributed by atoms with Gasteiger partial charge in [0.15, 0.2) is 0 Å². The van der Waals surface area contributed by atoms with E-state index in [-0.39, 0.29) is 19.0 Å². The third-order valence-corrected chi connectivity index (χ3v) is 3.59. The zero-order valence-corrected chi connectivity index (χ0v) is 14.9. The number of methoxy groups -OCH3 is 1. The summed E-state index contributed by atoms with van der Waals surface area (Å²) in [5.41, 5.74) is -0.517. The summed E-state index contributed by atoms with van der Waals surface area (Å²) in [4.78, 5) is 32.8. The van der Waals surface area contributed by atoms with Crippen molar-refractivity contribution in [3.8, 4) is 5.75 Å². The molecule has 144 valence electrons. The van der Waals surface area contributed by atoms with Gasteiger partial charge in [0.1, 0.15) is 18.1 Å². The first kappa shape index (κ1) is 20.2. The molecule has 0 saturated carbocycles. The van der Waals surface area contributed by atoms with E-state index in [9.17, 15) is 18.4 Å². The normalized spacial score (nSPS) is 11.0. The Morgan fingerprint density at radius 2 is 1.78 bits per heavy atom. The number of alkyl halides is 2. The van der Waals surface area contributed by atoms with Crippen molar-refractivity contribution in [1.82, 2.24) is 14.9 Å². The molecule has 0 N–H and O–H groups in total. The van der Waals surface area contributed by atoms with Gasteiger partial charge in [-0.05, 0) is 37.3 Å². The Labute approximate surface area is 154 Å². The Morgan fingerprint density at radius 1 is 1.15 bits per heavy atom. The van der Waals surface area contributed by atoms with Crippen molar-refractivity contribution in [2.45, 2.75) is 19.4 Å². The van der Waals surface area contributed by atoms with Crippen LogP contribution >= 0.6 is 0 Å². The topological polar surface area (TPSA) is 81.6 Å². The van der Waals surface area contributed by atoms with Crippen LogP contribution in [0.25, 0.3) is 0 Å².